The van der Waals surface area contributed by atoms with Gasteiger partial charge in [0, 0.05) is 14.2 Å². The lowest BCUT2D eigenvalue weighted by Gasteiger charge is -1.87. The molecule has 2 nitrogen and oxygen atoms in total. The largest absolute Gasteiger partial charge is 0.503 e. The molecule has 60 valence electrons. The summed E-state index contributed by atoms with van der Waals surface area (Å²) in [5, 5.41) is 0. The molecule has 0 atom stereocenters. The van der Waals surface area contributed by atoms with Crippen LogP contribution in [0.15, 0.2) is 0 Å². The van der Waals surface area contributed by atoms with Crippen molar-refractivity contribution in [2.75, 3.05) is 14.2 Å². The highest BCUT2D eigenvalue weighted by atomic mass is 27.2. The molecule has 0 rings (SSSR count). The zero-order chi connectivity index (χ0) is 8.57. The van der Waals surface area contributed by atoms with Gasteiger partial charge >= 0.3 is 29.0 Å². The van der Waals surface area contributed by atoms with Crippen LogP contribution in [0.4, 0.5) is 0 Å². The highest BCUT2D eigenvalue weighted by Gasteiger charge is 1.96. The first kappa shape index (κ1) is 13.6. The third-order valence-electron chi connectivity index (χ3n) is 0.943. The van der Waals surface area contributed by atoms with Gasteiger partial charge in [-0.3, -0.25) is 0 Å². The third-order valence-corrected chi connectivity index (χ3v) is 2.83. The molecule has 10 heavy (non-hydrogen) atoms. The molecule has 0 aromatic carbocycles. The SMILES string of the molecule is C[O][Al]([CH3])[CH3].C[O][Al]([CH3])[CH3]. The molecule has 0 bridgehead atoms. The number of hydrogen-bond donors (Lipinski definition) is 0. The van der Waals surface area contributed by atoms with Crippen molar-refractivity contribution in [3.05, 3.63) is 0 Å². The monoisotopic (exact) mass is 176 g/mol. The molecule has 0 aromatic heterocycles. The molecule has 0 fully saturated rings. The first-order valence-electron chi connectivity index (χ1n) is 3.60. The molecule has 0 aliphatic heterocycles. The minimum Gasteiger partial charge on any atom is -0.503 e. The van der Waals surface area contributed by atoms with Gasteiger partial charge in [-0.05, 0) is 0 Å². The Bertz CT molecular complexity index is 49.7. The zero-order valence-electron chi connectivity index (χ0n) is 7.97. The molecular weight excluding hydrogens is 158 g/mol. The quantitative estimate of drug-likeness (QED) is 0.597. The predicted molar refractivity (Wildman–Crippen MR) is 49.0 cm³/mol. The van der Waals surface area contributed by atoms with Crippen molar-refractivity contribution in [3.63, 3.8) is 0 Å². The van der Waals surface area contributed by atoms with E-state index < -0.39 is 29.0 Å². The van der Waals surface area contributed by atoms with Gasteiger partial charge in [0.2, 0.25) is 0 Å². The van der Waals surface area contributed by atoms with E-state index in [1.807, 2.05) is 0 Å². The maximum Gasteiger partial charge on any atom is 0.453 e. The minimum absolute atomic E-state index is 0.650. The molecule has 0 unspecified atom stereocenters. The average molecular weight is 176 g/mol. The Labute approximate surface area is 74.0 Å². The fourth-order valence-corrected chi connectivity index (χ4v) is 0. The summed E-state index contributed by atoms with van der Waals surface area (Å²) in [7, 11) is 3.52. The van der Waals surface area contributed by atoms with E-state index in [2.05, 4.69) is 23.1 Å². The summed E-state index contributed by atoms with van der Waals surface area (Å²) < 4.78 is 9.78. The maximum absolute atomic E-state index is 4.89. The highest BCUT2D eigenvalue weighted by Crippen LogP contribution is 1.73. The van der Waals surface area contributed by atoms with Crippen molar-refractivity contribution in [1.82, 2.24) is 0 Å². The second-order valence-electron chi connectivity index (χ2n) is 2.57. The molecule has 0 saturated heterocycles. The second-order valence-corrected chi connectivity index (χ2v) is 7.71. The molecule has 0 aromatic rings. The normalized spacial score (nSPS) is 7.80. The first-order chi connectivity index (χ1) is 4.54. The molecule has 0 radical (unpaired) electrons. The van der Waals surface area contributed by atoms with E-state index in [9.17, 15) is 0 Å². The molecule has 4 heteroatoms. The molecule has 0 saturated carbocycles. The van der Waals surface area contributed by atoms with Gasteiger partial charge in [-0.15, -0.1) is 0 Å². The Morgan fingerprint density at radius 2 is 0.800 bits per heavy atom. The van der Waals surface area contributed by atoms with Crippen LogP contribution in [-0.4, -0.2) is 43.2 Å². The Morgan fingerprint density at radius 1 is 0.700 bits per heavy atom. The third kappa shape index (κ3) is 23.1. The summed E-state index contributed by atoms with van der Waals surface area (Å²) in [4.78, 5) is 0. The standard InChI is InChI=1S/2CH3O.4CH3.2Al/c2*1-2;;;;;;/h2*1H3;4*1H3;;/q2*-1;;;;;2*+1. The fourth-order valence-electron chi connectivity index (χ4n) is 0. The number of hydrogen-bond acceptors (Lipinski definition) is 2. The van der Waals surface area contributed by atoms with E-state index in [0.29, 0.717) is 0 Å². The molecular formula is C6H18Al2O2. The van der Waals surface area contributed by atoms with E-state index >= 15 is 0 Å². The lowest BCUT2D eigenvalue weighted by atomic mass is 11.8. The van der Waals surface area contributed by atoms with Gasteiger partial charge in [0.25, 0.3) is 0 Å². The Hall–Kier alpha value is 0.985. The predicted octanol–water partition coefficient (Wildman–Crippen LogP) is 1.77. The van der Waals surface area contributed by atoms with E-state index in [0.717, 1.165) is 0 Å². The van der Waals surface area contributed by atoms with Crippen LogP contribution in [0.2, 0.25) is 23.1 Å². The molecule has 0 aliphatic carbocycles. The van der Waals surface area contributed by atoms with Crippen LogP contribution >= 0.6 is 0 Å². The van der Waals surface area contributed by atoms with Gasteiger partial charge in [0.1, 0.15) is 0 Å². The van der Waals surface area contributed by atoms with Gasteiger partial charge in [-0.1, -0.05) is 23.1 Å². The van der Waals surface area contributed by atoms with E-state index in [-0.39, 0.29) is 0 Å². The summed E-state index contributed by atoms with van der Waals surface area (Å²) >= 11 is -1.30. The lowest BCUT2D eigenvalue weighted by Crippen LogP contribution is -2.00. The van der Waals surface area contributed by atoms with Crippen molar-refractivity contribution in [1.29, 1.82) is 0 Å². The Balaban J connectivity index is 0. The second kappa shape index (κ2) is 9.98. The van der Waals surface area contributed by atoms with E-state index in [4.69, 9.17) is 7.58 Å². The van der Waals surface area contributed by atoms with Crippen LogP contribution in [0.3, 0.4) is 0 Å². The van der Waals surface area contributed by atoms with Crippen LogP contribution in [0.5, 0.6) is 0 Å². The summed E-state index contributed by atoms with van der Waals surface area (Å²) in [5.74, 6) is 8.56. The van der Waals surface area contributed by atoms with Gasteiger partial charge in [0.15, 0.2) is 0 Å². The van der Waals surface area contributed by atoms with Crippen LogP contribution in [0.25, 0.3) is 0 Å². The summed E-state index contributed by atoms with van der Waals surface area (Å²) in [6, 6.07) is 0. The molecule has 0 heterocycles. The van der Waals surface area contributed by atoms with Gasteiger partial charge < -0.3 is 7.58 Å². The average Bonchev–Trinajstić information content (AvgIpc) is 1.89. The molecule has 0 amide bonds. The topological polar surface area (TPSA) is 18.5 Å². The fraction of sp³-hybridized carbons (Fsp3) is 1.00. The minimum atomic E-state index is -0.650. The molecule has 0 spiro atoms. The Morgan fingerprint density at radius 3 is 0.800 bits per heavy atom. The van der Waals surface area contributed by atoms with Crippen molar-refractivity contribution in [2.24, 2.45) is 0 Å². The first-order valence-corrected chi connectivity index (χ1v) is 9.16. The summed E-state index contributed by atoms with van der Waals surface area (Å²) in [6.07, 6.45) is 0. The van der Waals surface area contributed by atoms with Crippen molar-refractivity contribution in [2.45, 2.75) is 23.1 Å². The van der Waals surface area contributed by atoms with Crippen LogP contribution in [-0.2, 0) is 7.58 Å². The number of rotatable bonds is 2. The lowest BCUT2D eigenvalue weighted by molar-refractivity contribution is 0.430. The van der Waals surface area contributed by atoms with E-state index in [1.54, 1.807) is 14.2 Å². The van der Waals surface area contributed by atoms with Crippen LogP contribution in [0, 0.1) is 0 Å². The van der Waals surface area contributed by atoms with Crippen molar-refractivity contribution in [3.8, 4) is 0 Å². The highest BCUT2D eigenvalue weighted by molar-refractivity contribution is 6.48. The van der Waals surface area contributed by atoms with E-state index in [1.165, 1.54) is 0 Å². The maximum atomic E-state index is 4.89. The van der Waals surface area contributed by atoms with Crippen molar-refractivity contribution >= 4 is 29.0 Å². The molecule has 0 N–H and O–H groups in total. The van der Waals surface area contributed by atoms with Gasteiger partial charge in [-0.25, -0.2) is 0 Å². The Kier molecular flexibility index (Phi) is 13.5. The zero-order valence-corrected chi connectivity index (χ0v) is 10.3. The van der Waals surface area contributed by atoms with Crippen molar-refractivity contribution < 1.29 is 7.58 Å². The molecule has 0 aliphatic rings. The smallest absolute Gasteiger partial charge is 0.453 e. The van der Waals surface area contributed by atoms with Crippen LogP contribution < -0.4 is 0 Å². The summed E-state index contributed by atoms with van der Waals surface area (Å²) in [6.45, 7) is 0. The summed E-state index contributed by atoms with van der Waals surface area (Å²) in [5.41, 5.74) is 0. The van der Waals surface area contributed by atoms with Gasteiger partial charge in [-0.2, -0.15) is 0 Å². The van der Waals surface area contributed by atoms with Crippen LogP contribution in [0.1, 0.15) is 0 Å². The van der Waals surface area contributed by atoms with Gasteiger partial charge in [0.05, 0.1) is 0 Å².